The van der Waals surface area contributed by atoms with Gasteiger partial charge in [0.15, 0.2) is 0 Å². The highest BCUT2D eigenvalue weighted by atomic mass is 32.2. The molecule has 1 aliphatic heterocycles. The summed E-state index contributed by atoms with van der Waals surface area (Å²) >= 11 is 0. The van der Waals surface area contributed by atoms with Crippen molar-refractivity contribution in [1.82, 2.24) is 0 Å². The maximum atomic E-state index is 11.6. The van der Waals surface area contributed by atoms with Crippen LogP contribution < -0.4 is 15.5 Å². The summed E-state index contributed by atoms with van der Waals surface area (Å²) in [5, 5.41) is 24.0. The number of nitrogens with two attached hydrogens (primary N) is 1. The van der Waals surface area contributed by atoms with Gasteiger partial charge < -0.3 is 19.7 Å². The van der Waals surface area contributed by atoms with Crippen molar-refractivity contribution in [3.8, 4) is 0 Å². The van der Waals surface area contributed by atoms with Crippen LogP contribution in [-0.2, 0) is 14.8 Å². The lowest BCUT2D eigenvalue weighted by molar-refractivity contribution is 0.122. The molecule has 1 aromatic rings. The Morgan fingerprint density at radius 2 is 1.89 bits per heavy atom. The first kappa shape index (κ1) is 14.3. The highest BCUT2D eigenvalue weighted by molar-refractivity contribution is 7.89. The van der Waals surface area contributed by atoms with Gasteiger partial charge in [-0.2, -0.15) is 0 Å². The van der Waals surface area contributed by atoms with Gasteiger partial charge >= 0.3 is 7.12 Å². The number of nitrogens with zero attached hydrogens (tertiary/aromatic N) is 1. The lowest BCUT2D eigenvalue weighted by Gasteiger charge is -2.31. The zero-order valence-electron chi connectivity index (χ0n) is 10.2. The molecule has 1 heterocycles. The first-order valence-corrected chi connectivity index (χ1v) is 7.30. The molecule has 19 heavy (non-hydrogen) atoms. The Labute approximate surface area is 111 Å². The second-order valence-electron chi connectivity index (χ2n) is 4.21. The van der Waals surface area contributed by atoms with E-state index < -0.39 is 17.1 Å². The lowest BCUT2D eigenvalue weighted by Crippen LogP contribution is -2.44. The number of rotatable bonds is 3. The van der Waals surface area contributed by atoms with Crippen LogP contribution in [0.5, 0.6) is 0 Å². The van der Waals surface area contributed by atoms with Gasteiger partial charge in [-0.25, -0.2) is 13.6 Å². The number of benzene rings is 1. The minimum atomic E-state index is -3.94. The summed E-state index contributed by atoms with van der Waals surface area (Å²) in [6.07, 6.45) is 0. The molecule has 4 N–H and O–H groups in total. The van der Waals surface area contributed by atoms with Gasteiger partial charge in [-0.05, 0) is 6.07 Å². The van der Waals surface area contributed by atoms with Gasteiger partial charge in [-0.1, -0.05) is 12.1 Å². The fourth-order valence-corrected chi connectivity index (χ4v) is 2.89. The van der Waals surface area contributed by atoms with Crippen LogP contribution >= 0.6 is 0 Å². The molecular formula is C10H15BN2O5S. The number of para-hydroxylation sites is 1. The number of sulfonamides is 1. The summed E-state index contributed by atoms with van der Waals surface area (Å²) in [7, 11) is -5.71. The van der Waals surface area contributed by atoms with Gasteiger partial charge in [-0.3, -0.25) is 0 Å². The molecule has 0 unspecified atom stereocenters. The van der Waals surface area contributed by atoms with Gasteiger partial charge in [0.2, 0.25) is 10.0 Å². The minimum absolute atomic E-state index is 0.111. The highest BCUT2D eigenvalue weighted by Crippen LogP contribution is 2.23. The minimum Gasteiger partial charge on any atom is -0.423 e. The van der Waals surface area contributed by atoms with Crippen LogP contribution in [0.2, 0.25) is 0 Å². The highest BCUT2D eigenvalue weighted by Gasteiger charge is 2.27. The fourth-order valence-electron chi connectivity index (χ4n) is 2.10. The average molecular weight is 286 g/mol. The van der Waals surface area contributed by atoms with E-state index in [0.29, 0.717) is 26.3 Å². The quantitative estimate of drug-likeness (QED) is 0.546. The molecule has 1 aromatic carbocycles. The first-order valence-electron chi connectivity index (χ1n) is 5.76. The van der Waals surface area contributed by atoms with Crippen molar-refractivity contribution in [3.05, 3.63) is 18.2 Å². The molecule has 1 fully saturated rings. The molecule has 0 amide bonds. The Kier molecular flexibility index (Phi) is 4.12. The van der Waals surface area contributed by atoms with E-state index in [2.05, 4.69) is 0 Å². The molecule has 104 valence electrons. The molecule has 0 spiro atoms. The van der Waals surface area contributed by atoms with Gasteiger partial charge in [0.1, 0.15) is 4.90 Å². The number of ether oxygens (including phenoxy) is 1. The molecule has 0 saturated carbocycles. The smallest absolute Gasteiger partial charge is 0.423 e. The Bertz CT molecular complexity index is 557. The molecule has 1 saturated heterocycles. The van der Waals surface area contributed by atoms with E-state index >= 15 is 0 Å². The molecule has 0 atom stereocenters. The van der Waals surface area contributed by atoms with Crippen LogP contribution in [0, 0.1) is 0 Å². The van der Waals surface area contributed by atoms with E-state index in [1.165, 1.54) is 18.2 Å². The summed E-state index contributed by atoms with van der Waals surface area (Å²) in [6, 6.07) is 4.24. The molecule has 2 rings (SSSR count). The average Bonchev–Trinajstić information content (AvgIpc) is 2.37. The van der Waals surface area contributed by atoms with Crippen molar-refractivity contribution in [2.75, 3.05) is 31.2 Å². The predicted octanol–water partition coefficient (Wildman–Crippen LogP) is -2.15. The van der Waals surface area contributed by atoms with E-state index in [1.54, 1.807) is 4.90 Å². The second kappa shape index (κ2) is 5.47. The fraction of sp³-hybridized carbons (Fsp3) is 0.400. The summed E-state index contributed by atoms with van der Waals surface area (Å²) in [6.45, 7) is 1.82. The van der Waals surface area contributed by atoms with E-state index in [1.807, 2.05) is 0 Å². The van der Waals surface area contributed by atoms with Crippen molar-refractivity contribution in [2.24, 2.45) is 5.14 Å². The number of anilines is 1. The van der Waals surface area contributed by atoms with Gasteiger partial charge in [0, 0.05) is 18.6 Å². The van der Waals surface area contributed by atoms with Crippen molar-refractivity contribution in [1.29, 1.82) is 0 Å². The van der Waals surface area contributed by atoms with Crippen LogP contribution in [-0.4, -0.2) is 51.9 Å². The Morgan fingerprint density at radius 3 is 2.42 bits per heavy atom. The number of hydrogen-bond acceptors (Lipinski definition) is 6. The lowest BCUT2D eigenvalue weighted by atomic mass is 9.78. The number of morpholine rings is 1. The topological polar surface area (TPSA) is 113 Å². The van der Waals surface area contributed by atoms with Crippen molar-refractivity contribution < 1.29 is 23.2 Å². The van der Waals surface area contributed by atoms with Crippen LogP contribution in [0.25, 0.3) is 0 Å². The summed E-state index contributed by atoms with van der Waals surface area (Å²) in [4.78, 5) is 1.62. The second-order valence-corrected chi connectivity index (χ2v) is 5.74. The van der Waals surface area contributed by atoms with E-state index in [-0.39, 0.29) is 16.0 Å². The zero-order valence-corrected chi connectivity index (χ0v) is 11.0. The molecule has 0 aliphatic carbocycles. The van der Waals surface area contributed by atoms with Gasteiger partial charge in [-0.15, -0.1) is 0 Å². The predicted molar refractivity (Wildman–Crippen MR) is 70.7 cm³/mol. The molecule has 0 bridgehead atoms. The standard InChI is InChI=1S/C10H15BN2O5S/c12-19(16,17)9-3-1-2-8(11(14)15)10(9)13-4-6-18-7-5-13/h1-3,14-15H,4-7H2,(H2,12,16,17). The normalized spacial score (nSPS) is 16.5. The van der Waals surface area contributed by atoms with Crippen molar-refractivity contribution in [2.45, 2.75) is 4.90 Å². The zero-order chi connectivity index (χ0) is 14.0. The largest absolute Gasteiger partial charge is 0.490 e. The Balaban J connectivity index is 2.58. The van der Waals surface area contributed by atoms with E-state index in [4.69, 9.17) is 9.88 Å². The van der Waals surface area contributed by atoms with Gasteiger partial charge in [0.25, 0.3) is 0 Å². The maximum absolute atomic E-state index is 11.6. The first-order chi connectivity index (χ1) is 8.91. The van der Waals surface area contributed by atoms with Gasteiger partial charge in [0.05, 0.1) is 18.9 Å². The van der Waals surface area contributed by atoms with Crippen molar-refractivity contribution in [3.63, 3.8) is 0 Å². The maximum Gasteiger partial charge on any atom is 0.490 e. The Hall–Kier alpha value is -1.13. The third kappa shape index (κ3) is 3.07. The molecular weight excluding hydrogens is 271 g/mol. The van der Waals surface area contributed by atoms with Crippen LogP contribution in [0.3, 0.4) is 0 Å². The van der Waals surface area contributed by atoms with E-state index in [9.17, 15) is 18.5 Å². The third-order valence-electron chi connectivity index (χ3n) is 2.94. The van der Waals surface area contributed by atoms with Crippen LogP contribution in [0.15, 0.2) is 23.1 Å². The molecule has 9 heteroatoms. The summed E-state index contributed by atoms with van der Waals surface area (Å²) in [5.74, 6) is 0. The molecule has 7 nitrogen and oxygen atoms in total. The number of hydrogen-bond donors (Lipinski definition) is 3. The van der Waals surface area contributed by atoms with E-state index in [0.717, 1.165) is 0 Å². The summed E-state index contributed by atoms with van der Waals surface area (Å²) < 4.78 is 28.5. The molecule has 0 radical (unpaired) electrons. The monoisotopic (exact) mass is 286 g/mol. The molecule has 0 aromatic heterocycles. The van der Waals surface area contributed by atoms with Crippen LogP contribution in [0.4, 0.5) is 5.69 Å². The Morgan fingerprint density at radius 1 is 1.26 bits per heavy atom. The van der Waals surface area contributed by atoms with Crippen molar-refractivity contribution >= 4 is 28.3 Å². The molecule has 1 aliphatic rings. The third-order valence-corrected chi connectivity index (χ3v) is 3.88. The SMILES string of the molecule is NS(=O)(=O)c1cccc(B(O)O)c1N1CCOCC1. The van der Waals surface area contributed by atoms with Crippen LogP contribution in [0.1, 0.15) is 0 Å². The summed E-state index contributed by atoms with van der Waals surface area (Å²) in [5.41, 5.74) is 0.358. The number of primary sulfonamides is 1.